The lowest BCUT2D eigenvalue weighted by Crippen LogP contribution is -2.32. The van der Waals surface area contributed by atoms with E-state index in [9.17, 15) is 0 Å². The minimum atomic E-state index is 0.109. The molecule has 0 aliphatic carbocycles. The van der Waals surface area contributed by atoms with Gasteiger partial charge in [-0.3, -0.25) is 0 Å². The monoisotopic (exact) mass is 268 g/mol. The summed E-state index contributed by atoms with van der Waals surface area (Å²) >= 11 is 1.69. The summed E-state index contributed by atoms with van der Waals surface area (Å²) in [6.45, 7) is 10.1. The van der Waals surface area contributed by atoms with Gasteiger partial charge >= 0.3 is 0 Å². The lowest BCUT2D eigenvalue weighted by molar-refractivity contribution is 0.583. The van der Waals surface area contributed by atoms with Gasteiger partial charge in [-0.25, -0.2) is 9.98 Å². The van der Waals surface area contributed by atoms with Crippen LogP contribution in [-0.2, 0) is 12.0 Å². The minimum absolute atomic E-state index is 0.109. The highest BCUT2D eigenvalue weighted by atomic mass is 32.1. The van der Waals surface area contributed by atoms with Crippen molar-refractivity contribution in [2.75, 3.05) is 6.54 Å². The smallest absolute Gasteiger partial charge is 0.188 e. The fourth-order valence-corrected chi connectivity index (χ4v) is 2.24. The van der Waals surface area contributed by atoms with Crippen molar-refractivity contribution >= 4 is 17.3 Å². The first-order valence-corrected chi connectivity index (χ1v) is 7.30. The van der Waals surface area contributed by atoms with Gasteiger partial charge < -0.3 is 11.1 Å². The Kier molecular flexibility index (Phi) is 5.59. The van der Waals surface area contributed by atoms with Crippen LogP contribution >= 0.6 is 11.3 Å². The van der Waals surface area contributed by atoms with E-state index in [-0.39, 0.29) is 5.41 Å². The fourth-order valence-electron chi connectivity index (χ4n) is 1.34. The molecule has 0 saturated carbocycles. The molecule has 0 saturated heterocycles. The third-order valence-corrected chi connectivity index (χ3v) is 3.76. The van der Waals surface area contributed by atoms with Crippen molar-refractivity contribution in [1.29, 1.82) is 0 Å². The quantitative estimate of drug-likeness (QED) is 0.490. The molecule has 0 atom stereocenters. The Morgan fingerprint density at radius 1 is 1.50 bits per heavy atom. The predicted octanol–water partition coefficient (Wildman–Crippen LogP) is 2.65. The van der Waals surface area contributed by atoms with Crippen molar-refractivity contribution in [3.63, 3.8) is 0 Å². The molecule has 0 aliphatic heterocycles. The molecular formula is C13H24N4S. The Balaban J connectivity index is 2.48. The van der Waals surface area contributed by atoms with Crippen LogP contribution in [0.15, 0.2) is 10.4 Å². The third kappa shape index (κ3) is 5.04. The van der Waals surface area contributed by atoms with E-state index < -0.39 is 0 Å². The number of aromatic nitrogens is 1. The normalized spacial score (nSPS) is 12.8. The van der Waals surface area contributed by atoms with Gasteiger partial charge in [0.1, 0.15) is 0 Å². The zero-order valence-electron chi connectivity index (χ0n) is 11.8. The lowest BCUT2D eigenvalue weighted by atomic mass is 9.98. The fraction of sp³-hybridized carbons (Fsp3) is 0.692. The second-order valence-electron chi connectivity index (χ2n) is 5.38. The summed E-state index contributed by atoms with van der Waals surface area (Å²) in [6.07, 6.45) is 2.27. The molecule has 0 fully saturated rings. The van der Waals surface area contributed by atoms with E-state index in [1.54, 1.807) is 11.3 Å². The average molecular weight is 268 g/mol. The highest BCUT2D eigenvalue weighted by molar-refractivity contribution is 7.09. The molecule has 0 bridgehead atoms. The Labute approximate surface area is 114 Å². The number of guanidine groups is 1. The van der Waals surface area contributed by atoms with Crippen LogP contribution in [0.4, 0.5) is 0 Å². The number of hydrogen-bond acceptors (Lipinski definition) is 3. The van der Waals surface area contributed by atoms with Crippen LogP contribution in [0.3, 0.4) is 0 Å². The van der Waals surface area contributed by atoms with E-state index in [1.165, 1.54) is 0 Å². The molecule has 102 valence electrons. The van der Waals surface area contributed by atoms with Crippen LogP contribution in [-0.4, -0.2) is 17.5 Å². The molecule has 5 heteroatoms. The average Bonchev–Trinajstić information content (AvgIpc) is 2.75. The summed E-state index contributed by atoms with van der Waals surface area (Å²) in [7, 11) is 0. The maximum atomic E-state index is 5.77. The molecule has 1 aromatic heterocycles. The van der Waals surface area contributed by atoms with Gasteiger partial charge in [0.2, 0.25) is 0 Å². The molecular weight excluding hydrogens is 244 g/mol. The van der Waals surface area contributed by atoms with Crippen LogP contribution in [0, 0.1) is 0 Å². The minimum Gasteiger partial charge on any atom is -0.370 e. The number of nitrogens with two attached hydrogens (primary N) is 1. The Morgan fingerprint density at radius 3 is 2.78 bits per heavy atom. The maximum Gasteiger partial charge on any atom is 0.188 e. The Morgan fingerprint density at radius 2 is 2.22 bits per heavy atom. The molecule has 1 heterocycles. The largest absolute Gasteiger partial charge is 0.370 e. The highest BCUT2D eigenvalue weighted by Crippen LogP contribution is 2.25. The first-order chi connectivity index (χ1) is 8.43. The van der Waals surface area contributed by atoms with E-state index >= 15 is 0 Å². The molecule has 0 spiro atoms. The van der Waals surface area contributed by atoms with Gasteiger partial charge in [0, 0.05) is 17.3 Å². The number of nitrogens with one attached hydrogen (secondary N) is 1. The number of rotatable bonds is 5. The van der Waals surface area contributed by atoms with Gasteiger partial charge in [-0.15, -0.1) is 11.3 Å². The first-order valence-electron chi connectivity index (χ1n) is 6.42. The number of hydrogen-bond donors (Lipinski definition) is 2. The molecule has 1 rings (SSSR count). The highest BCUT2D eigenvalue weighted by Gasteiger charge is 2.17. The molecule has 18 heavy (non-hydrogen) atoms. The molecule has 0 amide bonds. The van der Waals surface area contributed by atoms with Crippen molar-refractivity contribution in [2.45, 2.75) is 52.5 Å². The third-order valence-electron chi connectivity index (χ3n) is 2.44. The molecule has 4 nitrogen and oxygen atoms in total. The van der Waals surface area contributed by atoms with E-state index in [0.717, 1.165) is 30.1 Å². The second-order valence-corrected chi connectivity index (χ2v) is 6.23. The second kappa shape index (κ2) is 6.73. The zero-order chi connectivity index (χ0) is 13.6. The Bertz CT molecular complexity index is 390. The van der Waals surface area contributed by atoms with Gasteiger partial charge in [-0.2, -0.15) is 0 Å². The summed E-state index contributed by atoms with van der Waals surface area (Å²) in [4.78, 5) is 8.87. The molecule has 0 radical (unpaired) electrons. The number of aliphatic imine (C=N–C) groups is 1. The first kappa shape index (κ1) is 15.0. The molecule has 0 unspecified atom stereocenters. The van der Waals surface area contributed by atoms with Gasteiger partial charge in [0.15, 0.2) is 5.96 Å². The van der Waals surface area contributed by atoms with Crippen LogP contribution < -0.4 is 11.1 Å². The summed E-state index contributed by atoms with van der Waals surface area (Å²) in [5.74, 6) is 0.508. The summed E-state index contributed by atoms with van der Waals surface area (Å²) in [6, 6.07) is 0. The Hall–Kier alpha value is -1.10. The van der Waals surface area contributed by atoms with Crippen molar-refractivity contribution in [3.8, 4) is 0 Å². The number of unbranched alkanes of at least 4 members (excludes halogenated alkanes) is 1. The summed E-state index contributed by atoms with van der Waals surface area (Å²) in [5.41, 5.74) is 6.87. The van der Waals surface area contributed by atoms with Gasteiger partial charge in [0.05, 0.1) is 17.2 Å². The summed E-state index contributed by atoms with van der Waals surface area (Å²) < 4.78 is 0. The van der Waals surface area contributed by atoms with Crippen molar-refractivity contribution in [2.24, 2.45) is 10.7 Å². The van der Waals surface area contributed by atoms with Crippen molar-refractivity contribution in [1.82, 2.24) is 10.3 Å². The maximum absolute atomic E-state index is 5.77. The standard InChI is InChI=1S/C13H24N4S/c1-5-6-7-15-12(14)16-8-10-9-18-11(17-10)13(2,3)4/h9H,5-8H2,1-4H3,(H3,14,15,16). The van der Waals surface area contributed by atoms with Crippen molar-refractivity contribution in [3.05, 3.63) is 16.1 Å². The van der Waals surface area contributed by atoms with E-state index in [4.69, 9.17) is 5.73 Å². The van der Waals surface area contributed by atoms with E-state index in [0.29, 0.717) is 12.5 Å². The van der Waals surface area contributed by atoms with Crippen LogP contribution in [0.1, 0.15) is 51.2 Å². The van der Waals surface area contributed by atoms with Gasteiger partial charge in [0.25, 0.3) is 0 Å². The van der Waals surface area contributed by atoms with Crippen LogP contribution in [0.2, 0.25) is 0 Å². The number of nitrogens with zero attached hydrogens (tertiary/aromatic N) is 2. The lowest BCUT2D eigenvalue weighted by Gasteiger charge is -2.13. The summed E-state index contributed by atoms with van der Waals surface area (Å²) in [5, 5.41) is 6.30. The molecule has 3 N–H and O–H groups in total. The van der Waals surface area contributed by atoms with E-state index in [2.05, 4.69) is 48.4 Å². The van der Waals surface area contributed by atoms with Gasteiger partial charge in [-0.05, 0) is 6.42 Å². The molecule has 0 aromatic carbocycles. The van der Waals surface area contributed by atoms with E-state index in [1.807, 2.05) is 0 Å². The number of thiazole rings is 1. The van der Waals surface area contributed by atoms with Gasteiger partial charge in [-0.1, -0.05) is 34.1 Å². The zero-order valence-corrected chi connectivity index (χ0v) is 12.6. The molecule has 0 aliphatic rings. The molecule has 1 aromatic rings. The topological polar surface area (TPSA) is 63.3 Å². The van der Waals surface area contributed by atoms with Crippen LogP contribution in [0.25, 0.3) is 0 Å². The SMILES string of the molecule is CCCCNC(N)=NCc1csc(C(C)(C)C)n1. The van der Waals surface area contributed by atoms with Crippen LogP contribution in [0.5, 0.6) is 0 Å². The predicted molar refractivity (Wildman–Crippen MR) is 79.1 cm³/mol. The van der Waals surface area contributed by atoms with Crippen molar-refractivity contribution < 1.29 is 0 Å².